The van der Waals surface area contributed by atoms with Gasteiger partial charge >= 0.3 is 0 Å². The molecule has 0 amide bonds. The van der Waals surface area contributed by atoms with Crippen LogP contribution >= 0.6 is 0 Å². The number of ether oxygens (including phenoxy) is 1. The summed E-state index contributed by atoms with van der Waals surface area (Å²) in [5, 5.41) is 3.68. The Kier molecular flexibility index (Phi) is 9.59. The Hall–Kier alpha value is -0.0800. The van der Waals surface area contributed by atoms with E-state index in [1.807, 2.05) is 0 Å². The molecule has 0 aromatic carbocycles. The summed E-state index contributed by atoms with van der Waals surface area (Å²) in [6.07, 6.45) is 12.7. The third-order valence-electron chi connectivity index (χ3n) is 5.88. The van der Waals surface area contributed by atoms with Crippen LogP contribution in [0.4, 0.5) is 0 Å². The van der Waals surface area contributed by atoms with Crippen LogP contribution in [-0.4, -0.2) is 26.8 Å². The van der Waals surface area contributed by atoms with Crippen LogP contribution in [0.1, 0.15) is 78.6 Å². The predicted octanol–water partition coefficient (Wildman–Crippen LogP) is 5.03. The summed E-state index contributed by atoms with van der Waals surface area (Å²) >= 11 is 0. The van der Waals surface area contributed by atoms with Gasteiger partial charge in [0.05, 0.1) is 6.61 Å². The van der Waals surface area contributed by atoms with Gasteiger partial charge in [-0.3, -0.25) is 0 Å². The van der Waals surface area contributed by atoms with E-state index in [2.05, 4.69) is 26.1 Å². The molecule has 0 radical (unpaired) electrons. The van der Waals surface area contributed by atoms with E-state index in [0.717, 1.165) is 25.0 Å². The highest BCUT2D eigenvalue weighted by Crippen LogP contribution is 2.47. The molecule has 1 fully saturated rings. The van der Waals surface area contributed by atoms with Gasteiger partial charge in [0.15, 0.2) is 0 Å². The van der Waals surface area contributed by atoms with Gasteiger partial charge in [0.1, 0.15) is 0 Å². The lowest BCUT2D eigenvalue weighted by Crippen LogP contribution is -2.43. The third kappa shape index (κ3) is 5.90. The molecule has 1 saturated carbocycles. The van der Waals surface area contributed by atoms with Gasteiger partial charge in [-0.05, 0) is 42.9 Å². The molecule has 1 N–H and O–H groups in total. The Balaban J connectivity index is 2.54. The molecule has 0 aromatic heterocycles. The van der Waals surface area contributed by atoms with Gasteiger partial charge in [-0.2, -0.15) is 0 Å². The Labute approximate surface area is 133 Å². The molecule has 2 heteroatoms. The van der Waals surface area contributed by atoms with Gasteiger partial charge in [0.2, 0.25) is 0 Å². The van der Waals surface area contributed by atoms with Crippen molar-refractivity contribution in [3.63, 3.8) is 0 Å². The lowest BCUT2D eigenvalue weighted by molar-refractivity contribution is 0.0607. The predicted molar refractivity (Wildman–Crippen MR) is 92.7 cm³/mol. The molecule has 21 heavy (non-hydrogen) atoms. The maximum absolute atomic E-state index is 5.18. The van der Waals surface area contributed by atoms with E-state index >= 15 is 0 Å². The Morgan fingerprint density at radius 2 is 1.81 bits per heavy atom. The van der Waals surface area contributed by atoms with Crippen molar-refractivity contribution in [2.75, 3.05) is 26.8 Å². The highest BCUT2D eigenvalue weighted by molar-refractivity contribution is 4.92. The van der Waals surface area contributed by atoms with Gasteiger partial charge < -0.3 is 10.1 Å². The molecule has 0 heterocycles. The van der Waals surface area contributed by atoms with Gasteiger partial charge in [0, 0.05) is 20.2 Å². The minimum absolute atomic E-state index is 0.556. The fourth-order valence-electron chi connectivity index (χ4n) is 4.43. The fraction of sp³-hybridized carbons (Fsp3) is 1.00. The molecule has 0 bridgehead atoms. The highest BCUT2D eigenvalue weighted by atomic mass is 16.5. The maximum Gasteiger partial charge on any atom is 0.0587 e. The molecule has 1 aliphatic rings. The van der Waals surface area contributed by atoms with Crippen molar-refractivity contribution in [3.8, 4) is 0 Å². The van der Waals surface area contributed by atoms with Crippen LogP contribution in [0, 0.1) is 17.3 Å². The first-order chi connectivity index (χ1) is 10.2. The van der Waals surface area contributed by atoms with Crippen molar-refractivity contribution >= 4 is 0 Å². The minimum atomic E-state index is 0.556. The second-order valence-electron chi connectivity index (χ2n) is 7.13. The number of rotatable bonds is 11. The average molecular weight is 298 g/mol. The second kappa shape index (κ2) is 10.6. The monoisotopic (exact) mass is 297 g/mol. The molecule has 2 nitrogen and oxygen atoms in total. The molecular formula is C19H39NO. The van der Waals surface area contributed by atoms with E-state index in [1.54, 1.807) is 7.11 Å². The van der Waals surface area contributed by atoms with E-state index < -0.39 is 0 Å². The van der Waals surface area contributed by atoms with Crippen molar-refractivity contribution in [1.82, 2.24) is 5.32 Å². The van der Waals surface area contributed by atoms with Crippen molar-refractivity contribution in [1.29, 1.82) is 0 Å². The van der Waals surface area contributed by atoms with Crippen molar-refractivity contribution < 1.29 is 4.74 Å². The van der Waals surface area contributed by atoms with E-state index in [-0.39, 0.29) is 0 Å². The molecule has 1 aliphatic carbocycles. The SMILES string of the molecule is CCCCC1CCC(CNCCOC)(C(CC)CC)CC1. The van der Waals surface area contributed by atoms with Crippen molar-refractivity contribution in [2.45, 2.75) is 78.6 Å². The van der Waals surface area contributed by atoms with E-state index in [4.69, 9.17) is 4.74 Å². The number of nitrogens with one attached hydrogen (secondary N) is 1. The minimum Gasteiger partial charge on any atom is -0.383 e. The molecule has 0 spiro atoms. The molecule has 0 saturated heterocycles. The summed E-state index contributed by atoms with van der Waals surface area (Å²) in [4.78, 5) is 0. The summed E-state index contributed by atoms with van der Waals surface area (Å²) in [5.74, 6) is 1.89. The first-order valence-corrected chi connectivity index (χ1v) is 9.42. The molecule has 0 unspecified atom stereocenters. The molecule has 126 valence electrons. The molecule has 0 aromatic rings. The van der Waals surface area contributed by atoms with E-state index in [0.29, 0.717) is 5.41 Å². The zero-order valence-electron chi connectivity index (χ0n) is 15.0. The summed E-state index contributed by atoms with van der Waals surface area (Å²) < 4.78 is 5.18. The summed E-state index contributed by atoms with van der Waals surface area (Å²) in [5.41, 5.74) is 0.556. The summed E-state index contributed by atoms with van der Waals surface area (Å²) in [6.45, 7) is 10.1. The first-order valence-electron chi connectivity index (χ1n) is 9.42. The third-order valence-corrected chi connectivity index (χ3v) is 5.88. The standard InChI is InChI=1S/C19H39NO/c1-5-8-9-17-10-12-19(13-11-17,18(6-2)7-3)16-20-14-15-21-4/h17-18,20H,5-16H2,1-4H3. The highest BCUT2D eigenvalue weighted by Gasteiger charge is 2.39. The second-order valence-corrected chi connectivity index (χ2v) is 7.13. The number of hydrogen-bond donors (Lipinski definition) is 1. The van der Waals surface area contributed by atoms with Crippen LogP contribution in [0.5, 0.6) is 0 Å². The van der Waals surface area contributed by atoms with Crippen molar-refractivity contribution in [3.05, 3.63) is 0 Å². The smallest absolute Gasteiger partial charge is 0.0587 e. The lowest BCUT2D eigenvalue weighted by Gasteiger charge is -2.46. The molecule has 0 aliphatic heterocycles. The Bertz CT molecular complexity index is 242. The number of hydrogen-bond acceptors (Lipinski definition) is 2. The maximum atomic E-state index is 5.18. The fourth-order valence-corrected chi connectivity index (χ4v) is 4.43. The van der Waals surface area contributed by atoms with Crippen molar-refractivity contribution in [2.24, 2.45) is 17.3 Å². The van der Waals surface area contributed by atoms with Gasteiger partial charge in [-0.1, -0.05) is 52.9 Å². The average Bonchev–Trinajstić information content (AvgIpc) is 2.52. The zero-order chi connectivity index (χ0) is 15.6. The van der Waals surface area contributed by atoms with Gasteiger partial charge in [-0.25, -0.2) is 0 Å². The van der Waals surface area contributed by atoms with Gasteiger partial charge in [-0.15, -0.1) is 0 Å². The summed E-state index contributed by atoms with van der Waals surface area (Å²) in [7, 11) is 1.79. The molecule has 0 atom stereocenters. The van der Waals surface area contributed by atoms with E-state index in [1.165, 1.54) is 64.3 Å². The Morgan fingerprint density at radius 3 is 2.33 bits per heavy atom. The van der Waals surface area contributed by atoms with Crippen LogP contribution in [0.15, 0.2) is 0 Å². The molecule has 1 rings (SSSR count). The quantitative estimate of drug-likeness (QED) is 0.540. The van der Waals surface area contributed by atoms with Crippen LogP contribution in [0.3, 0.4) is 0 Å². The normalized spacial score (nSPS) is 26.4. The zero-order valence-corrected chi connectivity index (χ0v) is 15.0. The van der Waals surface area contributed by atoms with E-state index in [9.17, 15) is 0 Å². The van der Waals surface area contributed by atoms with Crippen LogP contribution < -0.4 is 5.32 Å². The largest absolute Gasteiger partial charge is 0.383 e. The number of unbranched alkanes of at least 4 members (excludes halogenated alkanes) is 1. The topological polar surface area (TPSA) is 21.3 Å². The summed E-state index contributed by atoms with van der Waals surface area (Å²) in [6, 6.07) is 0. The van der Waals surface area contributed by atoms with Gasteiger partial charge in [0.25, 0.3) is 0 Å². The number of methoxy groups -OCH3 is 1. The first kappa shape index (κ1) is 19.0. The van der Waals surface area contributed by atoms with Crippen LogP contribution in [0.25, 0.3) is 0 Å². The van der Waals surface area contributed by atoms with Crippen LogP contribution in [0.2, 0.25) is 0 Å². The molecular weight excluding hydrogens is 258 g/mol. The van der Waals surface area contributed by atoms with Crippen LogP contribution in [-0.2, 0) is 4.74 Å². The lowest BCUT2D eigenvalue weighted by atomic mass is 9.61. The Morgan fingerprint density at radius 1 is 1.14 bits per heavy atom.